The van der Waals surface area contributed by atoms with E-state index in [9.17, 15) is 9.59 Å². The first-order chi connectivity index (χ1) is 14.5. The first-order valence-corrected chi connectivity index (χ1v) is 10.6. The van der Waals surface area contributed by atoms with E-state index in [2.05, 4.69) is 27.3 Å². The smallest absolute Gasteiger partial charge is 0.265 e. The highest BCUT2D eigenvalue weighted by molar-refractivity contribution is 6.06. The Morgan fingerprint density at radius 3 is 2.67 bits per heavy atom. The van der Waals surface area contributed by atoms with E-state index in [1.54, 1.807) is 14.0 Å². The molecule has 1 aromatic carbocycles. The Morgan fingerprint density at radius 2 is 1.90 bits per heavy atom. The number of fused-ring (bicyclic) bond motifs is 1. The zero-order valence-corrected chi connectivity index (χ0v) is 17.6. The van der Waals surface area contributed by atoms with E-state index in [1.165, 1.54) is 42.1 Å². The first-order valence-electron chi connectivity index (χ1n) is 10.6. The molecule has 0 aliphatic carbocycles. The number of aryl methyl sites for hydroxylation is 2. The molecule has 1 amide bonds. The van der Waals surface area contributed by atoms with Crippen LogP contribution in [0.5, 0.6) is 0 Å². The molecule has 1 aliphatic heterocycles. The molecule has 4 rings (SSSR count). The van der Waals surface area contributed by atoms with Crippen LogP contribution in [0.15, 0.2) is 39.8 Å². The number of nitrogens with one attached hydrogen (secondary N) is 1. The highest BCUT2D eigenvalue weighted by Crippen LogP contribution is 2.21. The zero-order valence-electron chi connectivity index (χ0n) is 17.6. The third-order valence-electron chi connectivity index (χ3n) is 5.72. The minimum Gasteiger partial charge on any atom is -0.442 e. The Balaban J connectivity index is 1.47. The summed E-state index contributed by atoms with van der Waals surface area (Å²) in [7, 11) is 1.61. The molecule has 1 fully saturated rings. The van der Waals surface area contributed by atoms with Gasteiger partial charge in [0.15, 0.2) is 0 Å². The van der Waals surface area contributed by atoms with E-state index in [4.69, 9.17) is 4.42 Å². The van der Waals surface area contributed by atoms with Crippen molar-refractivity contribution in [2.75, 3.05) is 13.1 Å². The molecule has 7 nitrogen and oxygen atoms in total. The molecule has 2 aromatic heterocycles. The largest absolute Gasteiger partial charge is 0.442 e. The van der Waals surface area contributed by atoms with Crippen molar-refractivity contribution in [2.45, 2.75) is 45.7 Å². The minimum absolute atomic E-state index is 0.195. The first kappa shape index (κ1) is 20.3. The van der Waals surface area contributed by atoms with Crippen molar-refractivity contribution >= 4 is 17.0 Å². The number of likely N-dealkylation sites (tertiary alicyclic amines) is 1. The Kier molecular flexibility index (Phi) is 5.99. The molecule has 158 valence electrons. The monoisotopic (exact) mass is 408 g/mol. The molecular weight excluding hydrogens is 380 g/mol. The van der Waals surface area contributed by atoms with Gasteiger partial charge in [-0.1, -0.05) is 37.1 Å². The number of carbonyl (C=O) groups excluding carboxylic acids is 1. The summed E-state index contributed by atoms with van der Waals surface area (Å²) in [6.07, 6.45) is 6.57. The summed E-state index contributed by atoms with van der Waals surface area (Å²) in [6.45, 7) is 5.31. The molecule has 1 saturated heterocycles. The normalized spacial score (nSPS) is 15.3. The second-order valence-corrected chi connectivity index (χ2v) is 8.07. The van der Waals surface area contributed by atoms with Gasteiger partial charge in [-0.2, -0.15) is 0 Å². The van der Waals surface area contributed by atoms with E-state index in [1.807, 2.05) is 12.1 Å². The van der Waals surface area contributed by atoms with Gasteiger partial charge in [0, 0.05) is 20.1 Å². The van der Waals surface area contributed by atoms with E-state index in [-0.39, 0.29) is 28.1 Å². The number of hydrogen-bond acceptors (Lipinski definition) is 5. The van der Waals surface area contributed by atoms with Gasteiger partial charge in [0.1, 0.15) is 17.5 Å². The highest BCUT2D eigenvalue weighted by Gasteiger charge is 2.22. The Morgan fingerprint density at radius 1 is 1.17 bits per heavy atom. The van der Waals surface area contributed by atoms with Gasteiger partial charge in [-0.15, -0.1) is 0 Å². The molecule has 0 radical (unpaired) electrons. The lowest BCUT2D eigenvalue weighted by molar-refractivity contribution is 0.0950. The van der Waals surface area contributed by atoms with Crippen molar-refractivity contribution in [1.29, 1.82) is 0 Å². The fraction of sp³-hybridized carbons (Fsp3) is 0.435. The zero-order chi connectivity index (χ0) is 21.1. The lowest BCUT2D eigenvalue weighted by Crippen LogP contribution is -2.26. The maximum atomic E-state index is 12.9. The predicted octanol–water partition coefficient (Wildman–Crippen LogP) is 3.14. The molecule has 0 bridgehead atoms. The van der Waals surface area contributed by atoms with Crippen LogP contribution < -0.4 is 10.9 Å². The van der Waals surface area contributed by atoms with Crippen LogP contribution in [0, 0.1) is 6.92 Å². The summed E-state index contributed by atoms with van der Waals surface area (Å²) in [5, 5.41) is 3.16. The fourth-order valence-corrected chi connectivity index (χ4v) is 4.12. The molecule has 30 heavy (non-hydrogen) atoms. The van der Waals surface area contributed by atoms with Crippen LogP contribution in [-0.4, -0.2) is 33.4 Å². The number of amides is 1. The fourth-order valence-electron chi connectivity index (χ4n) is 4.12. The predicted molar refractivity (Wildman–Crippen MR) is 115 cm³/mol. The Bertz CT molecular complexity index is 1110. The molecule has 0 spiro atoms. The third kappa shape index (κ3) is 4.31. The second kappa shape index (κ2) is 8.83. The van der Waals surface area contributed by atoms with E-state index in [0.717, 1.165) is 25.2 Å². The van der Waals surface area contributed by atoms with Gasteiger partial charge in [-0.05, 0) is 44.0 Å². The lowest BCUT2D eigenvalue weighted by Gasteiger charge is -2.20. The second-order valence-electron chi connectivity index (χ2n) is 8.07. The summed E-state index contributed by atoms with van der Waals surface area (Å²) >= 11 is 0. The molecular formula is C23H28N4O3. The van der Waals surface area contributed by atoms with Gasteiger partial charge in [0.25, 0.3) is 11.5 Å². The molecule has 0 unspecified atom stereocenters. The Labute approximate surface area is 175 Å². The molecule has 0 atom stereocenters. The van der Waals surface area contributed by atoms with Crippen LogP contribution in [0.2, 0.25) is 0 Å². The Hall–Kier alpha value is -2.93. The average Bonchev–Trinajstić information content (AvgIpc) is 2.89. The number of rotatable bonds is 5. The van der Waals surface area contributed by atoms with Crippen LogP contribution in [0.1, 0.15) is 52.9 Å². The van der Waals surface area contributed by atoms with Crippen LogP contribution in [0.25, 0.3) is 11.1 Å². The quantitative estimate of drug-likeness (QED) is 0.702. The van der Waals surface area contributed by atoms with Crippen LogP contribution in [0.3, 0.4) is 0 Å². The number of carbonyl (C=O) groups is 1. The number of benzene rings is 1. The SMILES string of the molecule is Cc1oc2ncn(C)c(=O)c2c1C(=O)NCc1cccc(CN2CCCCCC2)c1. The lowest BCUT2D eigenvalue weighted by atomic mass is 10.1. The topological polar surface area (TPSA) is 80.4 Å². The highest BCUT2D eigenvalue weighted by atomic mass is 16.3. The van der Waals surface area contributed by atoms with Gasteiger partial charge in [0.2, 0.25) is 5.71 Å². The number of nitrogens with zero attached hydrogens (tertiary/aromatic N) is 3. The van der Waals surface area contributed by atoms with Crippen molar-refractivity contribution < 1.29 is 9.21 Å². The van der Waals surface area contributed by atoms with Crippen molar-refractivity contribution in [2.24, 2.45) is 7.05 Å². The maximum absolute atomic E-state index is 12.9. The van der Waals surface area contributed by atoms with Crippen molar-refractivity contribution in [3.05, 3.63) is 63.4 Å². The third-order valence-corrected chi connectivity index (χ3v) is 5.72. The van der Waals surface area contributed by atoms with Gasteiger partial charge < -0.3 is 14.3 Å². The van der Waals surface area contributed by atoms with Crippen molar-refractivity contribution in [3.8, 4) is 0 Å². The summed E-state index contributed by atoms with van der Waals surface area (Å²) < 4.78 is 6.88. The van der Waals surface area contributed by atoms with Crippen molar-refractivity contribution in [1.82, 2.24) is 19.8 Å². The van der Waals surface area contributed by atoms with Crippen LogP contribution in [0.4, 0.5) is 0 Å². The number of hydrogen-bond donors (Lipinski definition) is 1. The van der Waals surface area contributed by atoms with Gasteiger partial charge >= 0.3 is 0 Å². The summed E-state index contributed by atoms with van der Waals surface area (Å²) in [5.74, 6) is 0.0717. The van der Waals surface area contributed by atoms with E-state index in [0.29, 0.717) is 12.3 Å². The van der Waals surface area contributed by atoms with E-state index >= 15 is 0 Å². The minimum atomic E-state index is -0.325. The number of aromatic nitrogens is 2. The van der Waals surface area contributed by atoms with Gasteiger partial charge in [-0.3, -0.25) is 14.5 Å². The molecule has 1 aliphatic rings. The molecule has 0 saturated carbocycles. The average molecular weight is 409 g/mol. The van der Waals surface area contributed by atoms with Gasteiger partial charge in [0.05, 0.1) is 5.56 Å². The molecule has 7 heteroatoms. The summed E-state index contributed by atoms with van der Waals surface area (Å²) in [6, 6.07) is 8.32. The maximum Gasteiger partial charge on any atom is 0.265 e. The van der Waals surface area contributed by atoms with Crippen molar-refractivity contribution in [3.63, 3.8) is 0 Å². The van der Waals surface area contributed by atoms with Gasteiger partial charge in [-0.25, -0.2) is 4.98 Å². The molecule has 1 N–H and O–H groups in total. The van der Waals surface area contributed by atoms with Crippen LogP contribution in [-0.2, 0) is 20.1 Å². The standard InChI is InChI=1S/C23H28N4O3/c1-16-19(20-22(30-16)25-15-26(2)23(20)29)21(28)24-13-17-8-7-9-18(12-17)14-27-10-5-3-4-6-11-27/h7-9,12,15H,3-6,10-11,13-14H2,1-2H3,(H,24,28). The number of furan rings is 1. The summed E-state index contributed by atoms with van der Waals surface area (Å²) in [5.41, 5.74) is 2.46. The molecule has 3 heterocycles. The van der Waals surface area contributed by atoms with E-state index < -0.39 is 0 Å². The van der Waals surface area contributed by atoms with Crippen LogP contribution >= 0.6 is 0 Å². The summed E-state index contributed by atoms with van der Waals surface area (Å²) in [4.78, 5) is 32.0. The molecule has 3 aromatic rings.